The van der Waals surface area contributed by atoms with Crippen LogP contribution < -0.4 is 10.1 Å². The highest BCUT2D eigenvalue weighted by molar-refractivity contribution is 9.10. The maximum atomic E-state index is 13.4. The van der Waals surface area contributed by atoms with Gasteiger partial charge in [-0.1, -0.05) is 28.1 Å². The molecule has 6 nitrogen and oxygen atoms in total. The zero-order chi connectivity index (χ0) is 23.8. The summed E-state index contributed by atoms with van der Waals surface area (Å²) in [6.07, 6.45) is -3.21. The smallest absolute Gasteiger partial charge is 0.433 e. The molecule has 0 saturated carbocycles. The van der Waals surface area contributed by atoms with Gasteiger partial charge in [0.15, 0.2) is 0 Å². The highest BCUT2D eigenvalue weighted by atomic mass is 79.9. The number of nitrogens with zero attached hydrogens (tertiary/aromatic N) is 3. The Morgan fingerprint density at radius 3 is 2.55 bits per heavy atom. The van der Waals surface area contributed by atoms with Crippen LogP contribution in [0.2, 0.25) is 0 Å². The number of amides is 1. The zero-order valence-electron chi connectivity index (χ0n) is 17.6. The van der Waals surface area contributed by atoms with Gasteiger partial charge in [0.2, 0.25) is 0 Å². The molecular weight excluding hydrogens is 501 g/mol. The summed E-state index contributed by atoms with van der Waals surface area (Å²) >= 11 is 3.29. The average molecular weight is 519 g/mol. The quantitative estimate of drug-likeness (QED) is 0.360. The Hall–Kier alpha value is -3.40. The van der Waals surface area contributed by atoms with E-state index in [2.05, 4.69) is 31.3 Å². The number of anilines is 1. The van der Waals surface area contributed by atoms with Gasteiger partial charge in [0.1, 0.15) is 11.4 Å². The number of rotatable bonds is 5. The lowest BCUT2D eigenvalue weighted by Gasteiger charge is -2.12. The molecule has 0 atom stereocenters. The largest absolute Gasteiger partial charge is 0.497 e. The first-order valence-corrected chi connectivity index (χ1v) is 10.6. The van der Waals surface area contributed by atoms with Crippen LogP contribution in [0.5, 0.6) is 5.75 Å². The van der Waals surface area contributed by atoms with Crippen LogP contribution in [0.15, 0.2) is 59.2 Å². The van der Waals surface area contributed by atoms with Gasteiger partial charge in [-0.15, -0.1) is 0 Å². The van der Waals surface area contributed by atoms with Gasteiger partial charge in [0.25, 0.3) is 5.91 Å². The van der Waals surface area contributed by atoms with Crippen LogP contribution >= 0.6 is 15.9 Å². The van der Waals surface area contributed by atoms with Crippen molar-refractivity contribution in [3.05, 3.63) is 81.7 Å². The molecule has 33 heavy (non-hydrogen) atoms. The number of hydrogen-bond acceptors (Lipinski definition) is 4. The summed E-state index contributed by atoms with van der Waals surface area (Å²) in [7, 11) is 1.59. The molecular formula is C23H18BrF3N4O2. The van der Waals surface area contributed by atoms with Crippen LogP contribution in [-0.2, 0) is 12.7 Å². The summed E-state index contributed by atoms with van der Waals surface area (Å²) in [5, 5.41) is 7.30. The number of carbonyl (C=O) groups excluding carboxylic acids is 1. The van der Waals surface area contributed by atoms with E-state index in [1.165, 1.54) is 12.3 Å². The van der Waals surface area contributed by atoms with Crippen LogP contribution in [0.25, 0.3) is 10.9 Å². The fraction of sp³-hybridized carbons (Fsp3) is 0.174. The summed E-state index contributed by atoms with van der Waals surface area (Å²) in [5.74, 6) is 0.0522. The van der Waals surface area contributed by atoms with E-state index < -0.39 is 17.8 Å². The first kappa shape index (κ1) is 22.8. The molecule has 0 saturated heterocycles. The lowest BCUT2D eigenvalue weighted by atomic mass is 10.1. The van der Waals surface area contributed by atoms with Crippen LogP contribution in [0, 0.1) is 6.92 Å². The number of aromatic nitrogens is 3. The second kappa shape index (κ2) is 8.86. The van der Waals surface area contributed by atoms with Crippen molar-refractivity contribution in [1.29, 1.82) is 0 Å². The molecule has 0 fully saturated rings. The third-order valence-corrected chi connectivity index (χ3v) is 5.64. The van der Waals surface area contributed by atoms with Crippen LogP contribution in [0.4, 0.5) is 18.9 Å². The van der Waals surface area contributed by atoms with Crippen LogP contribution in [-0.4, -0.2) is 27.8 Å². The number of nitrogens with one attached hydrogen (secondary N) is 1. The Kier molecular flexibility index (Phi) is 6.11. The molecule has 0 aliphatic heterocycles. The molecule has 10 heteroatoms. The van der Waals surface area contributed by atoms with Crippen molar-refractivity contribution in [3.63, 3.8) is 0 Å². The Bertz CT molecular complexity index is 1330. The Morgan fingerprint density at radius 2 is 1.88 bits per heavy atom. The number of fused-ring (bicyclic) bond motifs is 1. The molecule has 2 heterocycles. The van der Waals surface area contributed by atoms with E-state index in [1.807, 2.05) is 24.3 Å². The molecule has 170 valence electrons. The molecule has 1 amide bonds. The summed E-state index contributed by atoms with van der Waals surface area (Å²) in [6, 6.07) is 12.8. The van der Waals surface area contributed by atoms with Gasteiger partial charge < -0.3 is 10.1 Å². The highest BCUT2D eigenvalue weighted by Gasteiger charge is 2.34. The molecule has 4 aromatic rings. The van der Waals surface area contributed by atoms with E-state index in [0.29, 0.717) is 27.8 Å². The first-order chi connectivity index (χ1) is 15.7. The normalized spacial score (nSPS) is 11.6. The molecule has 0 bridgehead atoms. The average Bonchev–Trinajstić information content (AvgIpc) is 3.11. The second-order valence-electron chi connectivity index (χ2n) is 7.32. The Balaban J connectivity index is 1.64. The minimum absolute atomic E-state index is 0.0742. The lowest BCUT2D eigenvalue weighted by Crippen LogP contribution is -2.16. The van der Waals surface area contributed by atoms with Gasteiger partial charge >= 0.3 is 6.18 Å². The number of halogens is 4. The molecule has 0 spiro atoms. The molecule has 2 aromatic heterocycles. The van der Waals surface area contributed by atoms with Crippen LogP contribution in [0.1, 0.15) is 27.3 Å². The van der Waals surface area contributed by atoms with E-state index >= 15 is 0 Å². The van der Waals surface area contributed by atoms with Gasteiger partial charge in [0, 0.05) is 9.86 Å². The lowest BCUT2D eigenvalue weighted by molar-refractivity contribution is -0.140. The minimum atomic E-state index is -4.69. The maximum Gasteiger partial charge on any atom is 0.433 e. The number of carbonyl (C=O) groups is 1. The van der Waals surface area contributed by atoms with E-state index in [1.54, 1.807) is 30.8 Å². The minimum Gasteiger partial charge on any atom is -0.497 e. The highest BCUT2D eigenvalue weighted by Crippen LogP contribution is 2.32. The topological polar surface area (TPSA) is 69.0 Å². The Labute approximate surface area is 195 Å². The number of pyridine rings is 1. The third kappa shape index (κ3) is 4.85. The summed E-state index contributed by atoms with van der Waals surface area (Å²) in [6.45, 7) is 2.23. The predicted octanol–water partition coefficient (Wildman–Crippen LogP) is 5.83. The number of methoxy groups -OCH3 is 1. The van der Waals surface area contributed by atoms with Crippen molar-refractivity contribution in [2.45, 2.75) is 19.6 Å². The number of hydrogen-bond donors (Lipinski definition) is 1. The van der Waals surface area contributed by atoms with Gasteiger partial charge in [-0.05, 0) is 48.9 Å². The first-order valence-electron chi connectivity index (χ1n) is 9.80. The SMILES string of the molecule is COc1ccc(Cn2ncc(NC(=O)c3cc(C(F)(F)F)nc4ccc(Br)cc34)c2C)cc1. The molecule has 0 aliphatic rings. The maximum absolute atomic E-state index is 13.4. The summed E-state index contributed by atoms with van der Waals surface area (Å²) in [5.41, 5.74) is 0.854. The van der Waals surface area contributed by atoms with Crippen molar-refractivity contribution >= 4 is 38.4 Å². The molecule has 0 unspecified atom stereocenters. The molecule has 1 N–H and O–H groups in total. The Morgan fingerprint density at radius 1 is 1.15 bits per heavy atom. The fourth-order valence-corrected chi connectivity index (χ4v) is 3.71. The van der Waals surface area contributed by atoms with Crippen molar-refractivity contribution in [3.8, 4) is 5.75 Å². The molecule has 0 aliphatic carbocycles. The van der Waals surface area contributed by atoms with Crippen LogP contribution in [0.3, 0.4) is 0 Å². The molecule has 0 radical (unpaired) electrons. The standard InChI is InChI=1S/C23H18BrF3N4O2/c1-13-20(11-28-31(13)12-14-3-6-16(33-2)7-4-14)30-22(32)18-10-21(23(25,26)27)29-19-8-5-15(24)9-17(18)19/h3-11H,12H2,1-2H3,(H,30,32). The molecule has 4 rings (SSSR count). The number of alkyl halides is 3. The third-order valence-electron chi connectivity index (χ3n) is 5.15. The zero-order valence-corrected chi connectivity index (χ0v) is 19.2. The van der Waals surface area contributed by atoms with Gasteiger partial charge in [-0.2, -0.15) is 18.3 Å². The summed E-state index contributed by atoms with van der Waals surface area (Å²) < 4.78 is 47.6. The fourth-order valence-electron chi connectivity index (χ4n) is 3.35. The monoisotopic (exact) mass is 518 g/mol. The van der Waals surface area contributed by atoms with E-state index in [0.717, 1.165) is 17.4 Å². The van der Waals surface area contributed by atoms with E-state index in [4.69, 9.17) is 4.74 Å². The summed E-state index contributed by atoms with van der Waals surface area (Å²) in [4.78, 5) is 16.7. The van der Waals surface area contributed by atoms with E-state index in [-0.39, 0.29) is 11.1 Å². The predicted molar refractivity (Wildman–Crippen MR) is 121 cm³/mol. The molecule has 2 aromatic carbocycles. The second-order valence-corrected chi connectivity index (χ2v) is 8.23. The number of ether oxygens (including phenoxy) is 1. The van der Waals surface area contributed by atoms with Crippen molar-refractivity contribution in [2.24, 2.45) is 0 Å². The van der Waals surface area contributed by atoms with Crippen molar-refractivity contribution < 1.29 is 22.7 Å². The van der Waals surface area contributed by atoms with Gasteiger partial charge in [0.05, 0.1) is 42.3 Å². The number of benzene rings is 2. The van der Waals surface area contributed by atoms with E-state index in [9.17, 15) is 18.0 Å². The van der Waals surface area contributed by atoms with Crippen molar-refractivity contribution in [2.75, 3.05) is 12.4 Å². The van der Waals surface area contributed by atoms with Gasteiger partial charge in [-0.3, -0.25) is 9.48 Å². The van der Waals surface area contributed by atoms with Crippen molar-refractivity contribution in [1.82, 2.24) is 14.8 Å². The van der Waals surface area contributed by atoms with Gasteiger partial charge in [-0.25, -0.2) is 4.98 Å².